The maximum atomic E-state index is 13.3. The van der Waals surface area contributed by atoms with Crippen molar-refractivity contribution in [3.8, 4) is 22.4 Å². The molecule has 0 saturated heterocycles. The monoisotopic (exact) mass is 473 g/mol. The van der Waals surface area contributed by atoms with E-state index in [0.29, 0.717) is 22.4 Å². The number of thioether (sulfide) groups is 1. The van der Waals surface area contributed by atoms with Crippen LogP contribution in [-0.2, 0) is 0 Å². The maximum absolute atomic E-state index is 13.3. The summed E-state index contributed by atoms with van der Waals surface area (Å²) < 4.78 is 0. The third kappa shape index (κ3) is 4.92. The van der Waals surface area contributed by atoms with Crippen molar-refractivity contribution >= 4 is 40.9 Å². The second-order valence-corrected chi connectivity index (χ2v) is 8.47. The molecule has 0 atom stereocenters. The number of nitrogens with zero attached hydrogens (tertiary/aromatic N) is 1. The highest BCUT2D eigenvalue weighted by Gasteiger charge is 2.20. The molecular formula is C26H20ClN3O2S. The minimum absolute atomic E-state index is 0.184. The average Bonchev–Trinajstić information content (AvgIpc) is 2.84. The van der Waals surface area contributed by atoms with Gasteiger partial charge in [-0.3, -0.25) is 14.6 Å². The van der Waals surface area contributed by atoms with Crippen molar-refractivity contribution in [2.45, 2.75) is 4.90 Å². The highest BCUT2D eigenvalue weighted by molar-refractivity contribution is 7.98. The van der Waals surface area contributed by atoms with Crippen LogP contribution >= 0.6 is 23.4 Å². The number of hydrogen-bond acceptors (Lipinski definition) is 4. The van der Waals surface area contributed by atoms with Crippen LogP contribution in [0.25, 0.3) is 22.4 Å². The zero-order valence-corrected chi connectivity index (χ0v) is 19.3. The molecule has 7 heteroatoms. The van der Waals surface area contributed by atoms with E-state index in [4.69, 9.17) is 17.3 Å². The van der Waals surface area contributed by atoms with Crippen LogP contribution in [0.5, 0.6) is 0 Å². The Labute approximate surface area is 201 Å². The second kappa shape index (κ2) is 9.90. The van der Waals surface area contributed by atoms with Crippen LogP contribution in [0.1, 0.15) is 20.7 Å². The molecule has 0 bridgehead atoms. The van der Waals surface area contributed by atoms with Crippen molar-refractivity contribution in [2.75, 3.05) is 11.6 Å². The predicted octanol–water partition coefficient (Wildman–Crippen LogP) is 6.14. The topological polar surface area (TPSA) is 85.1 Å². The van der Waals surface area contributed by atoms with E-state index in [1.807, 2.05) is 60.9 Å². The Balaban J connectivity index is 1.75. The molecule has 0 aliphatic carbocycles. The molecule has 0 radical (unpaired) electrons. The van der Waals surface area contributed by atoms with E-state index in [9.17, 15) is 9.59 Å². The van der Waals surface area contributed by atoms with Gasteiger partial charge in [-0.2, -0.15) is 0 Å². The summed E-state index contributed by atoms with van der Waals surface area (Å²) >= 11 is 7.80. The van der Waals surface area contributed by atoms with Crippen molar-refractivity contribution in [1.29, 1.82) is 0 Å². The molecular weight excluding hydrogens is 454 g/mol. The van der Waals surface area contributed by atoms with Gasteiger partial charge in [-0.15, -0.1) is 11.8 Å². The summed E-state index contributed by atoms with van der Waals surface area (Å²) in [5.41, 5.74) is 9.61. The Hall–Kier alpha value is -3.61. The summed E-state index contributed by atoms with van der Waals surface area (Å²) in [6.07, 6.45) is 3.66. The Bertz CT molecular complexity index is 1340. The van der Waals surface area contributed by atoms with Gasteiger partial charge in [-0.1, -0.05) is 41.9 Å². The molecule has 0 saturated carbocycles. The number of hydrogen-bond donors (Lipinski definition) is 2. The third-order valence-corrected chi connectivity index (χ3v) is 6.14. The quantitative estimate of drug-likeness (QED) is 0.329. The first-order valence-corrected chi connectivity index (χ1v) is 11.7. The van der Waals surface area contributed by atoms with Crippen molar-refractivity contribution in [1.82, 2.24) is 4.98 Å². The average molecular weight is 474 g/mol. The summed E-state index contributed by atoms with van der Waals surface area (Å²) in [4.78, 5) is 30.8. The lowest BCUT2D eigenvalue weighted by atomic mass is 9.94. The number of rotatable bonds is 6. The van der Waals surface area contributed by atoms with Crippen LogP contribution < -0.4 is 11.1 Å². The zero-order chi connectivity index (χ0) is 23.4. The highest BCUT2D eigenvalue weighted by atomic mass is 35.5. The highest BCUT2D eigenvalue weighted by Crippen LogP contribution is 2.34. The molecule has 1 aromatic heterocycles. The fourth-order valence-corrected chi connectivity index (χ4v) is 4.27. The molecule has 164 valence electrons. The number of nitrogens with two attached hydrogens (primary N) is 1. The number of carbonyl (C=O) groups excluding carboxylic acids is 2. The number of carbonyl (C=O) groups is 2. The lowest BCUT2D eigenvalue weighted by Crippen LogP contribution is -2.16. The fourth-order valence-electron chi connectivity index (χ4n) is 3.56. The standard InChI is InChI=1S/C26H20ClN3O2S/c1-33-18-11-12-20(21(15-18)19-8-5-9-22(27)24(19)25(28)31)26(32)30-17-7-4-6-16(14-17)23-10-2-3-13-29-23/h2-15H,1H3,(H2,28,31)(H,30,32). The van der Waals surface area contributed by atoms with Gasteiger partial charge in [-0.05, 0) is 65.9 Å². The van der Waals surface area contributed by atoms with Crippen molar-refractivity contribution < 1.29 is 9.59 Å². The number of nitrogens with one attached hydrogen (secondary N) is 1. The first-order valence-electron chi connectivity index (χ1n) is 10.1. The van der Waals surface area contributed by atoms with Crippen molar-refractivity contribution in [2.24, 2.45) is 5.73 Å². The summed E-state index contributed by atoms with van der Waals surface area (Å²) in [5.74, 6) is -0.967. The van der Waals surface area contributed by atoms with Crippen LogP contribution in [0.3, 0.4) is 0 Å². The largest absolute Gasteiger partial charge is 0.366 e. The molecule has 5 nitrogen and oxygen atoms in total. The lowest BCUT2D eigenvalue weighted by molar-refractivity contribution is 0.0997. The fraction of sp³-hybridized carbons (Fsp3) is 0.0385. The first kappa shape index (κ1) is 22.6. The molecule has 2 amide bonds. The zero-order valence-electron chi connectivity index (χ0n) is 17.7. The van der Waals surface area contributed by atoms with E-state index in [2.05, 4.69) is 10.3 Å². The number of halogens is 1. The summed E-state index contributed by atoms with van der Waals surface area (Å²) in [7, 11) is 0. The van der Waals surface area contributed by atoms with Crippen LogP contribution in [0.15, 0.2) is 90.0 Å². The van der Waals surface area contributed by atoms with Crippen molar-refractivity contribution in [3.05, 3.63) is 101 Å². The molecule has 33 heavy (non-hydrogen) atoms. The Morgan fingerprint density at radius 3 is 2.48 bits per heavy atom. The maximum Gasteiger partial charge on any atom is 0.256 e. The Morgan fingerprint density at radius 2 is 1.76 bits per heavy atom. The summed E-state index contributed by atoms with van der Waals surface area (Å²) in [6, 6.07) is 23.7. The number of anilines is 1. The van der Waals surface area contributed by atoms with Gasteiger partial charge in [0.1, 0.15) is 0 Å². The van der Waals surface area contributed by atoms with E-state index < -0.39 is 5.91 Å². The van der Waals surface area contributed by atoms with Crippen LogP contribution in [-0.4, -0.2) is 23.1 Å². The lowest BCUT2D eigenvalue weighted by Gasteiger charge is -2.15. The number of pyridine rings is 1. The minimum Gasteiger partial charge on any atom is -0.366 e. The van der Waals surface area contributed by atoms with Crippen LogP contribution in [0.4, 0.5) is 5.69 Å². The Morgan fingerprint density at radius 1 is 0.939 bits per heavy atom. The van der Waals surface area contributed by atoms with E-state index in [-0.39, 0.29) is 16.5 Å². The van der Waals surface area contributed by atoms with E-state index in [1.54, 1.807) is 30.5 Å². The second-order valence-electron chi connectivity index (χ2n) is 7.19. The number of benzene rings is 3. The molecule has 0 aliphatic rings. The van der Waals surface area contributed by atoms with E-state index >= 15 is 0 Å². The molecule has 0 fully saturated rings. The summed E-state index contributed by atoms with van der Waals surface area (Å²) in [6.45, 7) is 0. The van der Waals surface area contributed by atoms with E-state index in [0.717, 1.165) is 16.2 Å². The molecule has 1 heterocycles. The van der Waals surface area contributed by atoms with Crippen LogP contribution in [0, 0.1) is 0 Å². The molecule has 4 rings (SSSR count). The molecule has 0 aliphatic heterocycles. The third-order valence-electron chi connectivity index (χ3n) is 5.10. The molecule has 3 aromatic carbocycles. The molecule has 3 N–H and O–H groups in total. The van der Waals surface area contributed by atoms with Crippen molar-refractivity contribution in [3.63, 3.8) is 0 Å². The van der Waals surface area contributed by atoms with E-state index in [1.165, 1.54) is 11.8 Å². The number of primary amides is 1. The SMILES string of the molecule is CSc1ccc(C(=O)Nc2cccc(-c3ccccn3)c2)c(-c2cccc(Cl)c2C(N)=O)c1. The Kier molecular flexibility index (Phi) is 6.77. The summed E-state index contributed by atoms with van der Waals surface area (Å²) in [5, 5.41) is 3.20. The molecule has 0 spiro atoms. The number of aromatic nitrogens is 1. The van der Waals surface area contributed by atoms with Crippen LogP contribution in [0.2, 0.25) is 5.02 Å². The predicted molar refractivity (Wildman–Crippen MR) is 135 cm³/mol. The molecule has 4 aromatic rings. The van der Waals surface area contributed by atoms with Gasteiger partial charge in [0, 0.05) is 27.9 Å². The molecule has 0 unspecified atom stereocenters. The minimum atomic E-state index is -0.653. The first-order chi connectivity index (χ1) is 16.0. The van der Waals surface area contributed by atoms with Gasteiger partial charge < -0.3 is 11.1 Å². The normalized spacial score (nSPS) is 10.6. The van der Waals surface area contributed by atoms with Gasteiger partial charge in [0.25, 0.3) is 11.8 Å². The van der Waals surface area contributed by atoms with Gasteiger partial charge in [-0.25, -0.2) is 0 Å². The van der Waals surface area contributed by atoms with Gasteiger partial charge in [0.05, 0.1) is 16.3 Å². The number of amides is 2. The van der Waals surface area contributed by atoms with Gasteiger partial charge in [0.15, 0.2) is 0 Å². The van der Waals surface area contributed by atoms with Gasteiger partial charge >= 0.3 is 0 Å². The van der Waals surface area contributed by atoms with Gasteiger partial charge in [0.2, 0.25) is 0 Å². The smallest absolute Gasteiger partial charge is 0.256 e.